The molecular weight excluding hydrogens is 383 g/mol. The summed E-state index contributed by atoms with van der Waals surface area (Å²) in [6.45, 7) is 6.32. The van der Waals surface area contributed by atoms with E-state index in [2.05, 4.69) is 32.7 Å². The predicted molar refractivity (Wildman–Crippen MR) is 108 cm³/mol. The van der Waals surface area contributed by atoms with Gasteiger partial charge in [0.15, 0.2) is 11.8 Å². The van der Waals surface area contributed by atoms with Crippen molar-refractivity contribution in [2.75, 3.05) is 32.7 Å². The van der Waals surface area contributed by atoms with E-state index in [4.69, 9.17) is 0 Å². The molecule has 0 saturated carbocycles. The molecule has 0 radical (unpaired) electrons. The summed E-state index contributed by atoms with van der Waals surface area (Å²) in [6.07, 6.45) is 0.598. The average molecular weight is 418 g/mol. The molecule has 166 valence electrons. The van der Waals surface area contributed by atoms with Gasteiger partial charge in [-0.3, -0.25) is 4.90 Å². The van der Waals surface area contributed by atoms with Gasteiger partial charge in [-0.1, -0.05) is 13.3 Å². The quantitative estimate of drug-likeness (QED) is 0.367. The van der Waals surface area contributed by atoms with Crippen molar-refractivity contribution in [1.82, 2.24) is 30.3 Å². The third-order valence-electron chi connectivity index (χ3n) is 5.34. The molecule has 0 aromatic carbocycles. The van der Waals surface area contributed by atoms with Crippen LogP contribution >= 0.6 is 0 Å². The maximum absolute atomic E-state index is 12.5. The van der Waals surface area contributed by atoms with E-state index in [1.54, 1.807) is 0 Å². The standard InChI is InChI=1S/C19H34F3N7/c1-4-5-9-23-18(25-13-17-27-26-15(2)28(17)3)24-10-6-16-7-11-29(12-8-16)14-19(20,21)22/h16H,4-14H2,1-3H3,(H2,23,24,25). The Kier molecular flexibility index (Phi) is 9.19. The Balaban J connectivity index is 1.77. The molecule has 1 aliphatic rings. The monoisotopic (exact) mass is 417 g/mol. The molecule has 29 heavy (non-hydrogen) atoms. The first-order valence-corrected chi connectivity index (χ1v) is 10.4. The number of rotatable bonds is 9. The lowest BCUT2D eigenvalue weighted by Gasteiger charge is -2.32. The Morgan fingerprint density at radius 3 is 2.45 bits per heavy atom. The molecule has 0 unspecified atom stereocenters. The summed E-state index contributed by atoms with van der Waals surface area (Å²) < 4.78 is 39.4. The predicted octanol–water partition coefficient (Wildman–Crippen LogP) is 2.62. The van der Waals surface area contributed by atoms with Crippen LogP contribution in [0.3, 0.4) is 0 Å². The minimum atomic E-state index is -4.11. The van der Waals surface area contributed by atoms with E-state index >= 15 is 0 Å². The van der Waals surface area contributed by atoms with Crippen molar-refractivity contribution in [3.05, 3.63) is 11.6 Å². The molecule has 0 spiro atoms. The summed E-state index contributed by atoms with van der Waals surface area (Å²) in [5.74, 6) is 2.84. The Morgan fingerprint density at radius 1 is 1.17 bits per heavy atom. The molecule has 7 nitrogen and oxygen atoms in total. The molecule has 1 aromatic rings. The van der Waals surface area contributed by atoms with Gasteiger partial charge in [0.25, 0.3) is 0 Å². The van der Waals surface area contributed by atoms with Crippen LogP contribution < -0.4 is 10.6 Å². The molecule has 10 heteroatoms. The van der Waals surface area contributed by atoms with Gasteiger partial charge in [-0.25, -0.2) is 4.99 Å². The number of guanidine groups is 1. The second kappa shape index (κ2) is 11.4. The van der Waals surface area contributed by atoms with Crippen LogP contribution in [0.2, 0.25) is 0 Å². The van der Waals surface area contributed by atoms with E-state index < -0.39 is 12.7 Å². The fourth-order valence-electron chi connectivity index (χ4n) is 3.38. The maximum atomic E-state index is 12.5. The van der Waals surface area contributed by atoms with Crippen LogP contribution in [0.15, 0.2) is 4.99 Å². The van der Waals surface area contributed by atoms with Crippen molar-refractivity contribution in [3.63, 3.8) is 0 Å². The van der Waals surface area contributed by atoms with Crippen molar-refractivity contribution in [3.8, 4) is 0 Å². The summed E-state index contributed by atoms with van der Waals surface area (Å²) >= 11 is 0. The van der Waals surface area contributed by atoms with Gasteiger partial charge < -0.3 is 15.2 Å². The Labute approximate surface area is 171 Å². The highest BCUT2D eigenvalue weighted by Gasteiger charge is 2.32. The summed E-state index contributed by atoms with van der Waals surface area (Å²) in [5.41, 5.74) is 0. The van der Waals surface area contributed by atoms with Gasteiger partial charge in [0.05, 0.1) is 6.54 Å². The zero-order chi connectivity index (χ0) is 21.3. The van der Waals surface area contributed by atoms with Crippen LogP contribution in [-0.4, -0.2) is 64.5 Å². The van der Waals surface area contributed by atoms with Gasteiger partial charge in [-0.05, 0) is 51.6 Å². The number of alkyl halides is 3. The molecule has 2 heterocycles. The van der Waals surface area contributed by atoms with E-state index in [9.17, 15) is 13.2 Å². The largest absolute Gasteiger partial charge is 0.401 e. The number of nitrogens with zero attached hydrogens (tertiary/aromatic N) is 5. The summed E-state index contributed by atoms with van der Waals surface area (Å²) in [7, 11) is 1.92. The lowest BCUT2D eigenvalue weighted by atomic mass is 9.93. The fraction of sp³-hybridized carbons (Fsp3) is 0.842. The van der Waals surface area contributed by atoms with Crippen LogP contribution in [0.1, 0.15) is 50.7 Å². The van der Waals surface area contributed by atoms with Gasteiger partial charge in [-0.2, -0.15) is 13.2 Å². The lowest BCUT2D eigenvalue weighted by molar-refractivity contribution is -0.148. The Hall–Kier alpha value is -1.84. The zero-order valence-corrected chi connectivity index (χ0v) is 17.7. The first-order chi connectivity index (χ1) is 13.8. The SMILES string of the molecule is CCCCNC(=NCc1nnc(C)n1C)NCCC1CCN(CC(F)(F)F)CC1. The summed E-state index contributed by atoms with van der Waals surface area (Å²) in [6, 6.07) is 0. The second-order valence-corrected chi connectivity index (χ2v) is 7.72. The minimum absolute atomic E-state index is 0.439. The lowest BCUT2D eigenvalue weighted by Crippen LogP contribution is -2.41. The number of hydrogen-bond donors (Lipinski definition) is 2. The van der Waals surface area contributed by atoms with Gasteiger partial charge in [0, 0.05) is 20.1 Å². The van der Waals surface area contributed by atoms with E-state index in [-0.39, 0.29) is 0 Å². The van der Waals surface area contributed by atoms with Crippen molar-refractivity contribution in [2.24, 2.45) is 18.0 Å². The smallest absolute Gasteiger partial charge is 0.356 e. The second-order valence-electron chi connectivity index (χ2n) is 7.72. The molecule has 2 N–H and O–H groups in total. The van der Waals surface area contributed by atoms with E-state index in [0.29, 0.717) is 25.6 Å². The summed E-state index contributed by atoms with van der Waals surface area (Å²) in [4.78, 5) is 6.12. The van der Waals surface area contributed by atoms with Crippen LogP contribution in [0.5, 0.6) is 0 Å². The molecule has 1 aliphatic heterocycles. The number of halogens is 3. The molecule has 1 aromatic heterocycles. The fourth-order valence-corrected chi connectivity index (χ4v) is 3.38. The number of aromatic nitrogens is 3. The average Bonchev–Trinajstić information content (AvgIpc) is 2.98. The number of aliphatic imine (C=N–C) groups is 1. The van der Waals surface area contributed by atoms with Crippen molar-refractivity contribution >= 4 is 5.96 Å². The van der Waals surface area contributed by atoms with Gasteiger partial charge in [-0.15, -0.1) is 10.2 Å². The van der Waals surface area contributed by atoms with Crippen LogP contribution in [0.25, 0.3) is 0 Å². The Bertz CT molecular complexity index is 634. The molecule has 0 aliphatic carbocycles. The van der Waals surface area contributed by atoms with Gasteiger partial charge in [0.2, 0.25) is 0 Å². The van der Waals surface area contributed by atoms with E-state index in [1.807, 2.05) is 18.5 Å². The summed E-state index contributed by atoms with van der Waals surface area (Å²) in [5, 5.41) is 14.9. The zero-order valence-electron chi connectivity index (χ0n) is 17.7. The van der Waals surface area contributed by atoms with Crippen molar-refractivity contribution in [2.45, 2.75) is 58.7 Å². The molecule has 1 fully saturated rings. The highest BCUT2D eigenvalue weighted by Crippen LogP contribution is 2.23. The number of piperidine rings is 1. The first-order valence-electron chi connectivity index (χ1n) is 10.4. The van der Waals surface area contributed by atoms with Gasteiger partial charge in [0.1, 0.15) is 12.4 Å². The number of nitrogens with one attached hydrogen (secondary N) is 2. The topological polar surface area (TPSA) is 70.4 Å². The highest BCUT2D eigenvalue weighted by atomic mass is 19.4. The van der Waals surface area contributed by atoms with Crippen LogP contribution in [0, 0.1) is 12.8 Å². The van der Waals surface area contributed by atoms with Crippen LogP contribution in [0.4, 0.5) is 13.2 Å². The number of unbranched alkanes of at least 4 members (excludes halogenated alkanes) is 1. The van der Waals surface area contributed by atoms with Crippen molar-refractivity contribution in [1.29, 1.82) is 0 Å². The van der Waals surface area contributed by atoms with E-state index in [0.717, 1.165) is 62.8 Å². The molecule has 0 atom stereocenters. The number of likely N-dealkylation sites (tertiary alicyclic amines) is 1. The van der Waals surface area contributed by atoms with Crippen LogP contribution in [-0.2, 0) is 13.6 Å². The molecule has 0 amide bonds. The third kappa shape index (κ3) is 8.59. The number of hydrogen-bond acceptors (Lipinski definition) is 4. The maximum Gasteiger partial charge on any atom is 0.401 e. The van der Waals surface area contributed by atoms with Crippen molar-refractivity contribution < 1.29 is 13.2 Å². The molecule has 2 rings (SSSR count). The van der Waals surface area contributed by atoms with Gasteiger partial charge >= 0.3 is 6.18 Å². The first kappa shape index (κ1) is 23.4. The third-order valence-corrected chi connectivity index (χ3v) is 5.34. The molecule has 0 bridgehead atoms. The molecule has 1 saturated heterocycles. The minimum Gasteiger partial charge on any atom is -0.356 e. The number of aryl methyl sites for hydroxylation is 1. The van der Waals surface area contributed by atoms with E-state index in [1.165, 1.54) is 4.90 Å². The highest BCUT2D eigenvalue weighted by molar-refractivity contribution is 5.79. The Morgan fingerprint density at radius 2 is 1.86 bits per heavy atom. The normalized spacial score (nSPS) is 17.0. The molecular formula is C19H34F3N7.